The van der Waals surface area contributed by atoms with Crippen molar-refractivity contribution in [1.82, 2.24) is 9.88 Å². The van der Waals surface area contributed by atoms with Crippen LogP contribution < -0.4 is 11.3 Å². The topological polar surface area (TPSA) is 79.2 Å². The number of nitrogen functional groups attached to an aromatic ring is 1. The number of anilines is 1. The van der Waals surface area contributed by atoms with E-state index in [0.29, 0.717) is 34.3 Å². The standard InChI is InChI=1S/C14H16ClN3O2.ClH/c1-18(2)6-5-11(19)12-9-4-3-8(15)7-10(9)14(20)17-13(12)16;/h3-4,7H,5-6H2,1-2H3,(H3,16,17,20);1H. The summed E-state index contributed by atoms with van der Waals surface area (Å²) in [6.45, 7) is 0.618. The maximum atomic E-state index is 12.3. The van der Waals surface area contributed by atoms with Gasteiger partial charge in [-0.05, 0) is 26.2 Å². The number of aromatic nitrogens is 1. The molecule has 7 heteroatoms. The van der Waals surface area contributed by atoms with E-state index in [1.807, 2.05) is 19.0 Å². The van der Waals surface area contributed by atoms with Crippen LogP contribution in [0.5, 0.6) is 0 Å². The lowest BCUT2D eigenvalue weighted by Gasteiger charge is -2.11. The molecule has 0 aliphatic carbocycles. The molecule has 0 fully saturated rings. The fourth-order valence-corrected chi connectivity index (χ4v) is 2.24. The SMILES string of the molecule is CN(C)CCC(=O)c1c(N)[nH]c(=O)c2cc(Cl)ccc12.Cl. The zero-order valence-electron chi connectivity index (χ0n) is 11.8. The molecule has 0 radical (unpaired) electrons. The van der Waals surface area contributed by atoms with E-state index in [4.69, 9.17) is 17.3 Å². The third-order valence-corrected chi connectivity index (χ3v) is 3.31. The Morgan fingerprint density at radius 1 is 1.33 bits per heavy atom. The number of carbonyl (C=O) groups excluding carboxylic acids is 1. The van der Waals surface area contributed by atoms with E-state index < -0.39 is 0 Å². The van der Waals surface area contributed by atoms with Crippen molar-refractivity contribution < 1.29 is 4.79 Å². The van der Waals surface area contributed by atoms with Gasteiger partial charge in [-0.2, -0.15) is 0 Å². The molecule has 3 N–H and O–H groups in total. The van der Waals surface area contributed by atoms with Gasteiger partial charge >= 0.3 is 0 Å². The van der Waals surface area contributed by atoms with Crippen LogP contribution in [-0.2, 0) is 0 Å². The highest BCUT2D eigenvalue weighted by atomic mass is 35.5. The normalized spacial score (nSPS) is 10.7. The molecule has 1 heterocycles. The molecule has 0 unspecified atom stereocenters. The van der Waals surface area contributed by atoms with E-state index >= 15 is 0 Å². The van der Waals surface area contributed by atoms with Crippen LogP contribution in [0.3, 0.4) is 0 Å². The van der Waals surface area contributed by atoms with Gasteiger partial charge in [-0.15, -0.1) is 12.4 Å². The first-order valence-corrected chi connectivity index (χ1v) is 6.57. The summed E-state index contributed by atoms with van der Waals surface area (Å²) in [4.78, 5) is 28.6. The Kier molecular flexibility index (Phi) is 5.78. The Morgan fingerprint density at radius 2 is 2.00 bits per heavy atom. The van der Waals surface area contributed by atoms with Crippen molar-refractivity contribution in [2.45, 2.75) is 6.42 Å². The number of fused-ring (bicyclic) bond motifs is 1. The summed E-state index contributed by atoms with van der Waals surface area (Å²) >= 11 is 5.89. The predicted molar refractivity (Wildman–Crippen MR) is 88.7 cm³/mol. The number of H-pyrrole nitrogens is 1. The van der Waals surface area contributed by atoms with Crippen molar-refractivity contribution in [3.05, 3.63) is 39.1 Å². The second-order valence-corrected chi connectivity index (χ2v) is 5.35. The number of hydrogen-bond donors (Lipinski definition) is 2. The molecule has 2 aromatic rings. The van der Waals surface area contributed by atoms with Crippen LogP contribution in [0.15, 0.2) is 23.0 Å². The third kappa shape index (κ3) is 3.75. The number of rotatable bonds is 4. The molecule has 21 heavy (non-hydrogen) atoms. The molecular weight excluding hydrogens is 313 g/mol. The number of nitrogens with zero attached hydrogens (tertiary/aromatic N) is 1. The Bertz CT molecular complexity index is 726. The number of benzene rings is 1. The van der Waals surface area contributed by atoms with Gasteiger partial charge in [0.1, 0.15) is 5.82 Å². The molecular formula is C14H17Cl2N3O2. The highest BCUT2D eigenvalue weighted by Gasteiger charge is 2.16. The summed E-state index contributed by atoms with van der Waals surface area (Å²) in [5.41, 5.74) is 5.83. The number of pyridine rings is 1. The van der Waals surface area contributed by atoms with E-state index in [9.17, 15) is 9.59 Å². The number of carbonyl (C=O) groups is 1. The number of hydrogen-bond acceptors (Lipinski definition) is 4. The summed E-state index contributed by atoms with van der Waals surface area (Å²) in [6, 6.07) is 4.84. The second-order valence-electron chi connectivity index (χ2n) is 4.91. The molecule has 0 amide bonds. The molecule has 0 bridgehead atoms. The second kappa shape index (κ2) is 6.93. The van der Waals surface area contributed by atoms with Gasteiger partial charge in [0.25, 0.3) is 5.56 Å². The van der Waals surface area contributed by atoms with Gasteiger partial charge in [-0.1, -0.05) is 17.7 Å². The fraction of sp³-hybridized carbons (Fsp3) is 0.286. The van der Waals surface area contributed by atoms with Gasteiger partial charge < -0.3 is 15.6 Å². The van der Waals surface area contributed by atoms with Crippen LogP contribution in [0.2, 0.25) is 5.02 Å². The fourth-order valence-electron chi connectivity index (χ4n) is 2.07. The lowest BCUT2D eigenvalue weighted by molar-refractivity contribution is 0.0975. The number of nitrogens with two attached hydrogens (primary N) is 1. The Hall–Kier alpha value is -1.56. The molecule has 0 saturated carbocycles. The summed E-state index contributed by atoms with van der Waals surface area (Å²) in [6.07, 6.45) is 0.334. The summed E-state index contributed by atoms with van der Waals surface area (Å²) in [5.74, 6) is 0.00773. The van der Waals surface area contributed by atoms with Gasteiger partial charge in [-0.3, -0.25) is 9.59 Å². The Morgan fingerprint density at radius 3 is 2.62 bits per heavy atom. The molecule has 0 aliphatic rings. The van der Waals surface area contributed by atoms with Crippen LogP contribution in [0.1, 0.15) is 16.8 Å². The van der Waals surface area contributed by atoms with Gasteiger partial charge in [0.05, 0.1) is 5.56 Å². The molecule has 0 atom stereocenters. The lowest BCUT2D eigenvalue weighted by atomic mass is 10.0. The van der Waals surface area contributed by atoms with Crippen LogP contribution in [-0.4, -0.2) is 36.3 Å². The molecule has 1 aromatic heterocycles. The van der Waals surface area contributed by atoms with Crippen LogP contribution in [0.4, 0.5) is 5.82 Å². The van der Waals surface area contributed by atoms with Crippen molar-refractivity contribution in [2.75, 3.05) is 26.4 Å². The first kappa shape index (κ1) is 17.5. The lowest BCUT2D eigenvalue weighted by Crippen LogP contribution is -2.20. The summed E-state index contributed by atoms with van der Waals surface area (Å²) in [7, 11) is 3.78. The zero-order valence-corrected chi connectivity index (χ0v) is 13.3. The third-order valence-electron chi connectivity index (χ3n) is 3.08. The average molecular weight is 330 g/mol. The Balaban J connectivity index is 0.00000220. The number of ketones is 1. The molecule has 0 spiro atoms. The number of Topliss-reactive ketones (excluding diaryl/α,β-unsaturated/α-hetero) is 1. The van der Waals surface area contributed by atoms with Crippen molar-refractivity contribution in [2.24, 2.45) is 0 Å². The van der Waals surface area contributed by atoms with Crippen LogP contribution in [0.25, 0.3) is 10.8 Å². The molecule has 0 aliphatic heterocycles. The minimum absolute atomic E-state index is 0. The van der Waals surface area contributed by atoms with E-state index in [-0.39, 0.29) is 29.6 Å². The molecule has 1 aromatic carbocycles. The first-order chi connectivity index (χ1) is 9.40. The van der Waals surface area contributed by atoms with Crippen molar-refractivity contribution >= 4 is 46.4 Å². The van der Waals surface area contributed by atoms with Crippen molar-refractivity contribution in [3.8, 4) is 0 Å². The van der Waals surface area contributed by atoms with Crippen LogP contribution in [0, 0.1) is 0 Å². The minimum atomic E-state index is -0.343. The minimum Gasteiger partial charge on any atom is -0.385 e. The van der Waals surface area contributed by atoms with E-state index in [1.165, 1.54) is 6.07 Å². The quantitative estimate of drug-likeness (QED) is 0.843. The monoisotopic (exact) mass is 329 g/mol. The van der Waals surface area contributed by atoms with Gasteiger partial charge in [0, 0.05) is 28.8 Å². The first-order valence-electron chi connectivity index (χ1n) is 6.19. The molecule has 5 nitrogen and oxygen atoms in total. The summed E-state index contributed by atoms with van der Waals surface area (Å²) < 4.78 is 0. The van der Waals surface area contributed by atoms with E-state index in [0.717, 1.165) is 0 Å². The Labute approximate surface area is 133 Å². The maximum absolute atomic E-state index is 12.3. The van der Waals surface area contributed by atoms with Gasteiger partial charge in [0.15, 0.2) is 5.78 Å². The van der Waals surface area contributed by atoms with Crippen LogP contribution >= 0.6 is 24.0 Å². The number of aromatic amines is 1. The average Bonchev–Trinajstić information content (AvgIpc) is 2.37. The smallest absolute Gasteiger partial charge is 0.257 e. The van der Waals surface area contributed by atoms with Gasteiger partial charge in [0.2, 0.25) is 0 Å². The predicted octanol–water partition coefficient (Wildman–Crippen LogP) is 2.32. The maximum Gasteiger partial charge on any atom is 0.257 e. The largest absolute Gasteiger partial charge is 0.385 e. The van der Waals surface area contributed by atoms with E-state index in [2.05, 4.69) is 4.98 Å². The van der Waals surface area contributed by atoms with E-state index in [1.54, 1.807) is 12.1 Å². The number of halogens is 2. The van der Waals surface area contributed by atoms with Gasteiger partial charge in [-0.25, -0.2) is 0 Å². The summed E-state index contributed by atoms with van der Waals surface area (Å²) in [5, 5.41) is 1.36. The zero-order chi connectivity index (χ0) is 14.9. The highest BCUT2D eigenvalue weighted by molar-refractivity contribution is 6.31. The van der Waals surface area contributed by atoms with Crippen molar-refractivity contribution in [1.29, 1.82) is 0 Å². The van der Waals surface area contributed by atoms with Crippen molar-refractivity contribution in [3.63, 3.8) is 0 Å². The molecule has 2 rings (SSSR count). The molecule has 0 saturated heterocycles. The highest BCUT2D eigenvalue weighted by Crippen LogP contribution is 2.24. The molecule has 114 valence electrons. The number of nitrogens with one attached hydrogen (secondary N) is 1.